The fourth-order valence-electron chi connectivity index (χ4n) is 3.63. The Labute approximate surface area is 176 Å². The van der Waals surface area contributed by atoms with E-state index in [0.29, 0.717) is 31.6 Å². The number of rotatable bonds is 9. The lowest BCUT2D eigenvalue weighted by Gasteiger charge is -2.34. The average molecular weight is 452 g/mol. The van der Waals surface area contributed by atoms with Crippen molar-refractivity contribution in [3.05, 3.63) is 29.6 Å². The van der Waals surface area contributed by atoms with Crippen LogP contribution < -0.4 is 10.1 Å². The van der Waals surface area contributed by atoms with Gasteiger partial charge >= 0.3 is 12.1 Å². The first-order chi connectivity index (χ1) is 14.5. The molecule has 0 radical (unpaired) electrons. The number of likely N-dealkylation sites (tertiary alicyclic amines) is 1. The molecule has 1 saturated heterocycles. The SMILES string of the molecule is O=C(NC1CC1)c1ccc(OCCCC2CCN(CC(F)(F)C(F)(F)F)CC2)cc1F. The molecule has 0 bridgehead atoms. The highest BCUT2D eigenvalue weighted by Gasteiger charge is 2.58. The van der Waals surface area contributed by atoms with E-state index < -0.39 is 30.4 Å². The molecule has 1 heterocycles. The van der Waals surface area contributed by atoms with Crippen LogP contribution in [-0.2, 0) is 0 Å². The first-order valence-electron chi connectivity index (χ1n) is 10.5. The third-order valence-electron chi connectivity index (χ3n) is 5.67. The number of amides is 1. The molecule has 1 N–H and O–H groups in total. The molecule has 4 nitrogen and oxygen atoms in total. The highest BCUT2D eigenvalue weighted by Crippen LogP contribution is 2.37. The average Bonchev–Trinajstić information content (AvgIpc) is 3.49. The Hall–Kier alpha value is -1.97. The number of alkyl halides is 5. The van der Waals surface area contributed by atoms with Crippen molar-refractivity contribution >= 4 is 5.91 Å². The van der Waals surface area contributed by atoms with Crippen LogP contribution in [0.3, 0.4) is 0 Å². The van der Waals surface area contributed by atoms with Crippen molar-refractivity contribution in [1.29, 1.82) is 0 Å². The van der Waals surface area contributed by atoms with Crippen LogP contribution in [0.1, 0.15) is 48.9 Å². The van der Waals surface area contributed by atoms with Crippen LogP contribution in [0.2, 0.25) is 0 Å². The summed E-state index contributed by atoms with van der Waals surface area (Å²) in [5, 5.41) is 2.72. The number of hydrogen-bond donors (Lipinski definition) is 1. The summed E-state index contributed by atoms with van der Waals surface area (Å²) in [6.07, 6.45) is -1.22. The first-order valence-corrected chi connectivity index (χ1v) is 10.5. The second-order valence-corrected chi connectivity index (χ2v) is 8.30. The molecular formula is C21H26F6N2O2. The molecule has 31 heavy (non-hydrogen) atoms. The zero-order valence-electron chi connectivity index (χ0n) is 17.0. The van der Waals surface area contributed by atoms with Crippen LogP contribution >= 0.6 is 0 Å². The summed E-state index contributed by atoms with van der Waals surface area (Å²) >= 11 is 0. The lowest BCUT2D eigenvalue weighted by molar-refractivity contribution is -0.287. The molecule has 1 saturated carbocycles. The summed E-state index contributed by atoms with van der Waals surface area (Å²) in [5.74, 6) is -5.25. The van der Waals surface area contributed by atoms with Gasteiger partial charge in [0.15, 0.2) is 0 Å². The van der Waals surface area contributed by atoms with Crippen LogP contribution in [0, 0.1) is 11.7 Å². The Bertz CT molecular complexity index is 759. The third kappa shape index (κ3) is 6.75. The lowest BCUT2D eigenvalue weighted by Crippen LogP contribution is -2.49. The summed E-state index contributed by atoms with van der Waals surface area (Å²) in [7, 11) is 0. The van der Waals surface area contributed by atoms with Gasteiger partial charge in [0.05, 0.1) is 18.7 Å². The molecular weight excluding hydrogens is 426 g/mol. The van der Waals surface area contributed by atoms with Crippen LogP contribution in [0.5, 0.6) is 5.75 Å². The van der Waals surface area contributed by atoms with Gasteiger partial charge in [-0.05, 0) is 69.7 Å². The van der Waals surface area contributed by atoms with E-state index in [-0.39, 0.29) is 30.6 Å². The number of nitrogens with zero attached hydrogens (tertiary/aromatic N) is 1. The fraction of sp³-hybridized carbons (Fsp3) is 0.667. The minimum atomic E-state index is -5.53. The van der Waals surface area contributed by atoms with Gasteiger partial charge in [-0.2, -0.15) is 22.0 Å². The van der Waals surface area contributed by atoms with Crippen molar-refractivity contribution in [2.75, 3.05) is 26.2 Å². The third-order valence-corrected chi connectivity index (χ3v) is 5.67. The maximum Gasteiger partial charge on any atom is 0.454 e. The van der Waals surface area contributed by atoms with Gasteiger partial charge in [0, 0.05) is 12.1 Å². The second-order valence-electron chi connectivity index (χ2n) is 8.30. The molecule has 10 heteroatoms. The molecule has 0 spiro atoms. The summed E-state index contributed by atoms with van der Waals surface area (Å²) in [6.45, 7) is -0.578. The zero-order chi connectivity index (χ0) is 22.6. The maximum absolute atomic E-state index is 14.1. The van der Waals surface area contributed by atoms with Gasteiger partial charge in [-0.25, -0.2) is 4.39 Å². The van der Waals surface area contributed by atoms with Crippen molar-refractivity contribution in [1.82, 2.24) is 10.2 Å². The molecule has 1 amide bonds. The summed E-state index contributed by atoms with van der Waals surface area (Å²) in [6, 6.07) is 4.22. The maximum atomic E-state index is 14.1. The van der Waals surface area contributed by atoms with Gasteiger partial charge in [-0.3, -0.25) is 9.69 Å². The lowest BCUT2D eigenvalue weighted by atomic mass is 9.92. The number of ether oxygens (including phenoxy) is 1. The molecule has 2 aliphatic rings. The van der Waals surface area contributed by atoms with E-state index in [1.54, 1.807) is 0 Å². The predicted octanol–water partition coefficient (Wildman–Crippen LogP) is 4.79. The van der Waals surface area contributed by atoms with E-state index in [1.165, 1.54) is 18.2 Å². The normalized spacial score (nSPS) is 18.8. The Morgan fingerprint density at radius 3 is 2.35 bits per heavy atom. The number of piperidine rings is 1. The minimum Gasteiger partial charge on any atom is -0.493 e. The smallest absolute Gasteiger partial charge is 0.454 e. The van der Waals surface area contributed by atoms with Gasteiger partial charge in [0.1, 0.15) is 11.6 Å². The molecule has 3 rings (SSSR count). The van der Waals surface area contributed by atoms with Gasteiger partial charge in [0.2, 0.25) is 0 Å². The number of halogens is 6. The van der Waals surface area contributed by atoms with Crippen molar-refractivity contribution in [3.63, 3.8) is 0 Å². The van der Waals surface area contributed by atoms with E-state index in [4.69, 9.17) is 4.74 Å². The van der Waals surface area contributed by atoms with Crippen molar-refractivity contribution < 1.29 is 35.9 Å². The standard InChI is InChI=1S/C21H26F6N2O2/c22-18-12-16(5-6-17(18)19(30)28-15-3-4-15)31-11-1-2-14-7-9-29(10-8-14)13-20(23,24)21(25,26)27/h5-6,12,14-15H,1-4,7-11,13H2,(H,28,30). The van der Waals surface area contributed by atoms with Crippen LogP contribution in [0.4, 0.5) is 26.3 Å². The van der Waals surface area contributed by atoms with Gasteiger partial charge in [0.25, 0.3) is 5.91 Å². The van der Waals surface area contributed by atoms with Gasteiger partial charge in [-0.15, -0.1) is 0 Å². The monoisotopic (exact) mass is 452 g/mol. The van der Waals surface area contributed by atoms with Crippen molar-refractivity contribution in [2.45, 2.75) is 56.7 Å². The number of benzene rings is 1. The summed E-state index contributed by atoms with van der Waals surface area (Å²) in [4.78, 5) is 13.1. The van der Waals surface area contributed by atoms with Gasteiger partial charge < -0.3 is 10.1 Å². The number of carbonyl (C=O) groups is 1. The Kier molecular flexibility index (Phi) is 7.39. The van der Waals surface area contributed by atoms with Crippen LogP contribution in [0.25, 0.3) is 0 Å². The number of carbonyl (C=O) groups excluding carboxylic acids is 1. The Morgan fingerprint density at radius 2 is 1.77 bits per heavy atom. The van der Waals surface area contributed by atoms with E-state index in [9.17, 15) is 31.1 Å². The van der Waals surface area contributed by atoms with Crippen LogP contribution in [0.15, 0.2) is 18.2 Å². The largest absolute Gasteiger partial charge is 0.493 e. The molecule has 0 aromatic heterocycles. The van der Waals surface area contributed by atoms with Crippen molar-refractivity contribution in [2.24, 2.45) is 5.92 Å². The topological polar surface area (TPSA) is 41.6 Å². The highest BCUT2D eigenvalue weighted by atomic mass is 19.4. The molecule has 1 aromatic rings. The second kappa shape index (κ2) is 9.67. The molecule has 174 valence electrons. The minimum absolute atomic E-state index is 0.0258. The first kappa shape index (κ1) is 23.7. The predicted molar refractivity (Wildman–Crippen MR) is 102 cm³/mol. The van der Waals surface area contributed by atoms with Gasteiger partial charge in [-0.1, -0.05) is 0 Å². The molecule has 0 atom stereocenters. The molecule has 2 fully saturated rings. The Balaban J connectivity index is 1.34. The Morgan fingerprint density at radius 1 is 1.10 bits per heavy atom. The van der Waals surface area contributed by atoms with E-state index in [0.717, 1.165) is 24.2 Å². The molecule has 1 aliphatic carbocycles. The van der Waals surface area contributed by atoms with E-state index >= 15 is 0 Å². The van der Waals surface area contributed by atoms with Crippen molar-refractivity contribution in [3.8, 4) is 5.75 Å². The molecule has 1 aromatic carbocycles. The number of nitrogens with one attached hydrogen (secondary N) is 1. The van der Waals surface area contributed by atoms with E-state index in [2.05, 4.69) is 5.32 Å². The molecule has 0 unspecified atom stereocenters. The van der Waals surface area contributed by atoms with E-state index in [1.807, 2.05) is 0 Å². The summed E-state index contributed by atoms with van der Waals surface area (Å²) < 4.78 is 82.9. The molecule has 1 aliphatic heterocycles. The zero-order valence-corrected chi connectivity index (χ0v) is 17.0. The highest BCUT2D eigenvalue weighted by molar-refractivity contribution is 5.95. The quantitative estimate of drug-likeness (QED) is 0.433. The number of hydrogen-bond acceptors (Lipinski definition) is 3. The van der Waals surface area contributed by atoms with Crippen LogP contribution in [-0.4, -0.2) is 55.2 Å². The fourth-order valence-corrected chi connectivity index (χ4v) is 3.63. The summed E-state index contributed by atoms with van der Waals surface area (Å²) in [5.41, 5.74) is -0.0258.